The third-order valence-electron chi connectivity index (χ3n) is 3.85. The predicted molar refractivity (Wildman–Crippen MR) is 115 cm³/mol. The van der Waals surface area contributed by atoms with Crippen molar-refractivity contribution in [3.63, 3.8) is 0 Å². The number of rotatable bonds is 7. The molecule has 0 saturated heterocycles. The molecule has 2 aromatic rings. The molecule has 0 aromatic heterocycles. The van der Waals surface area contributed by atoms with Crippen molar-refractivity contribution in [3.8, 4) is 23.7 Å². The molecule has 0 heterocycles. The van der Waals surface area contributed by atoms with E-state index in [1.54, 1.807) is 36.4 Å². The Kier molecular flexibility index (Phi) is 9.01. The van der Waals surface area contributed by atoms with Crippen LogP contribution < -0.4 is 16.3 Å². The van der Waals surface area contributed by atoms with Gasteiger partial charge in [0.1, 0.15) is 6.04 Å². The minimum Gasteiger partial charge on any atom is -0.467 e. The summed E-state index contributed by atoms with van der Waals surface area (Å²) in [4.78, 5) is 24.2. The zero-order chi connectivity index (χ0) is 21.8. The van der Waals surface area contributed by atoms with Crippen LogP contribution in [-0.4, -0.2) is 46.3 Å². The quantitative estimate of drug-likeness (QED) is 0.207. The first kappa shape index (κ1) is 22.6. The molecule has 7 nitrogen and oxygen atoms in total. The van der Waals surface area contributed by atoms with Gasteiger partial charge in [0.15, 0.2) is 0 Å². The van der Waals surface area contributed by atoms with Gasteiger partial charge in [0, 0.05) is 36.0 Å². The summed E-state index contributed by atoms with van der Waals surface area (Å²) in [6.07, 6.45) is 0. The van der Waals surface area contributed by atoms with E-state index in [0.717, 1.165) is 5.56 Å². The van der Waals surface area contributed by atoms with E-state index in [2.05, 4.69) is 34.2 Å². The minimum atomic E-state index is -0.864. The highest BCUT2D eigenvalue weighted by atomic mass is 16.5. The summed E-state index contributed by atoms with van der Waals surface area (Å²) in [7, 11) is 4.03. The zero-order valence-electron chi connectivity index (χ0n) is 16.7. The number of nitrogens with one attached hydrogen (secondary N) is 2. The molecule has 1 atom stereocenters. The molecule has 2 rings (SSSR count). The minimum absolute atomic E-state index is 0.127. The van der Waals surface area contributed by atoms with Gasteiger partial charge >= 0.3 is 13.6 Å². The first-order valence-corrected chi connectivity index (χ1v) is 8.97. The molecule has 1 amide bonds. The summed E-state index contributed by atoms with van der Waals surface area (Å²) < 4.78 is 9.46. The number of hydrogen-bond donors (Lipinski definition) is 3. The van der Waals surface area contributed by atoms with E-state index in [0.29, 0.717) is 16.8 Å². The van der Waals surface area contributed by atoms with Crippen LogP contribution in [-0.2, 0) is 14.2 Å². The maximum atomic E-state index is 12.4. The van der Waals surface area contributed by atoms with Crippen molar-refractivity contribution < 1.29 is 19.0 Å². The van der Waals surface area contributed by atoms with E-state index < -0.39 is 17.9 Å². The molecule has 4 N–H and O–H groups in total. The van der Waals surface area contributed by atoms with Crippen LogP contribution in [0.3, 0.4) is 0 Å². The van der Waals surface area contributed by atoms with Gasteiger partial charge in [-0.1, -0.05) is 11.8 Å². The average molecular weight is 402 g/mol. The Balaban J connectivity index is 1.98. The van der Waals surface area contributed by atoms with Crippen LogP contribution in [0, 0.1) is 23.7 Å². The summed E-state index contributed by atoms with van der Waals surface area (Å²) in [6.45, 7) is 0.127. The van der Waals surface area contributed by atoms with E-state index >= 15 is 0 Å². The van der Waals surface area contributed by atoms with Gasteiger partial charge in [-0.3, -0.25) is 4.79 Å². The maximum Gasteiger partial charge on any atom is 0.395 e. The van der Waals surface area contributed by atoms with Crippen LogP contribution in [0.4, 0.5) is 5.69 Å². The summed E-state index contributed by atoms with van der Waals surface area (Å²) in [5, 5.41) is 5.38. The smallest absolute Gasteiger partial charge is 0.395 e. The molecule has 0 aliphatic heterocycles. The number of esters is 1. The van der Waals surface area contributed by atoms with E-state index in [1.165, 1.54) is 21.8 Å². The van der Waals surface area contributed by atoms with E-state index in [-0.39, 0.29) is 6.54 Å². The summed E-state index contributed by atoms with van der Waals surface area (Å²) in [5.41, 5.74) is 8.23. The monoisotopic (exact) mass is 402 g/mol. The highest BCUT2D eigenvalue weighted by Gasteiger charge is 2.21. The third-order valence-corrected chi connectivity index (χ3v) is 3.85. The molecular weight excluding hydrogens is 381 g/mol. The fraction of sp³-hybridized carbons (Fsp3) is 0.182. The molecule has 151 valence electrons. The van der Waals surface area contributed by atoms with Crippen LogP contribution in [0.2, 0.25) is 0 Å². The summed E-state index contributed by atoms with van der Waals surface area (Å²) in [5.74, 6) is 10.4. The SMILES string of the molecule is CO[B]NC[C@H](NC(=O)c1ccc(C#CC#Cc2ccc(N)cc2)cc1)C(=O)OC. The van der Waals surface area contributed by atoms with Crippen molar-refractivity contribution in [2.45, 2.75) is 6.04 Å². The van der Waals surface area contributed by atoms with Gasteiger partial charge in [0.25, 0.3) is 5.91 Å². The Labute approximate surface area is 176 Å². The molecule has 0 unspecified atom stereocenters. The number of amides is 1. The number of carbonyl (C=O) groups is 2. The molecular formula is C22H21BN3O4. The third kappa shape index (κ3) is 7.36. The largest absolute Gasteiger partial charge is 0.467 e. The number of nitrogen functional groups attached to an aromatic ring is 1. The van der Waals surface area contributed by atoms with Gasteiger partial charge in [-0.15, -0.1) is 0 Å². The van der Waals surface area contributed by atoms with Crippen LogP contribution in [0.5, 0.6) is 0 Å². The number of methoxy groups -OCH3 is 1. The van der Waals surface area contributed by atoms with Crippen molar-refractivity contribution in [1.82, 2.24) is 10.5 Å². The zero-order valence-corrected chi connectivity index (χ0v) is 16.7. The lowest BCUT2D eigenvalue weighted by Crippen LogP contribution is -2.48. The fourth-order valence-corrected chi connectivity index (χ4v) is 2.30. The Morgan fingerprint density at radius 2 is 1.57 bits per heavy atom. The van der Waals surface area contributed by atoms with Crippen molar-refractivity contribution in [2.75, 3.05) is 26.5 Å². The van der Waals surface area contributed by atoms with Crippen molar-refractivity contribution >= 4 is 25.2 Å². The lowest BCUT2D eigenvalue weighted by molar-refractivity contribution is -0.142. The standard InChI is InChI=1S/C22H21BN3O4/c1-29-22(28)20(15-25-23-30-2)26-21(27)18-11-7-16(8-12-18)5-3-4-6-17-9-13-19(24)14-10-17/h7-14,20,25H,15,24H2,1-2H3,(H,26,27)/t20-/m0/s1. The van der Waals surface area contributed by atoms with Crippen LogP contribution >= 0.6 is 0 Å². The molecule has 0 spiro atoms. The summed E-state index contributed by atoms with van der Waals surface area (Å²) >= 11 is 0. The highest BCUT2D eigenvalue weighted by molar-refractivity contribution is 6.23. The molecule has 30 heavy (non-hydrogen) atoms. The van der Waals surface area contributed by atoms with Gasteiger partial charge in [0.05, 0.1) is 7.11 Å². The lowest BCUT2D eigenvalue weighted by atomic mass is 10.1. The summed E-state index contributed by atoms with van der Waals surface area (Å²) in [6, 6.07) is 13.0. The second-order valence-electron chi connectivity index (χ2n) is 6.01. The molecule has 1 radical (unpaired) electrons. The molecule has 0 aliphatic rings. The Morgan fingerprint density at radius 3 is 2.10 bits per heavy atom. The van der Waals surface area contributed by atoms with Crippen LogP contribution in [0.25, 0.3) is 0 Å². The number of benzene rings is 2. The maximum absolute atomic E-state index is 12.4. The fourth-order valence-electron chi connectivity index (χ4n) is 2.30. The van der Waals surface area contributed by atoms with Gasteiger partial charge < -0.3 is 25.7 Å². The molecule has 0 aliphatic carbocycles. The average Bonchev–Trinajstić information content (AvgIpc) is 2.77. The van der Waals surface area contributed by atoms with E-state index in [1.807, 2.05) is 12.1 Å². The molecule has 0 fully saturated rings. The first-order chi connectivity index (χ1) is 14.5. The number of nitrogens with two attached hydrogens (primary N) is 1. The Morgan fingerprint density at radius 1 is 1.00 bits per heavy atom. The normalized spacial score (nSPS) is 10.5. The van der Waals surface area contributed by atoms with Gasteiger partial charge in [-0.2, -0.15) is 0 Å². The van der Waals surface area contributed by atoms with E-state index in [4.69, 9.17) is 15.1 Å². The van der Waals surface area contributed by atoms with E-state index in [9.17, 15) is 9.59 Å². The number of hydrogen-bond acceptors (Lipinski definition) is 6. The predicted octanol–water partition coefficient (Wildman–Crippen LogP) is 0.714. The van der Waals surface area contributed by atoms with Gasteiger partial charge in [-0.25, -0.2) is 4.79 Å². The molecule has 0 saturated carbocycles. The topological polar surface area (TPSA) is 103 Å². The van der Waals surface area contributed by atoms with Gasteiger partial charge in [-0.05, 0) is 60.4 Å². The second kappa shape index (κ2) is 12.0. The Hall–Kier alpha value is -3.72. The van der Waals surface area contributed by atoms with Crippen LogP contribution in [0.15, 0.2) is 48.5 Å². The van der Waals surface area contributed by atoms with Crippen molar-refractivity contribution in [3.05, 3.63) is 65.2 Å². The number of carbonyl (C=O) groups excluding carboxylic acids is 2. The van der Waals surface area contributed by atoms with Crippen molar-refractivity contribution in [1.29, 1.82) is 0 Å². The number of ether oxygens (including phenoxy) is 1. The highest BCUT2D eigenvalue weighted by Crippen LogP contribution is 2.05. The lowest BCUT2D eigenvalue weighted by Gasteiger charge is -2.16. The number of anilines is 1. The van der Waals surface area contributed by atoms with Crippen molar-refractivity contribution in [2.24, 2.45) is 0 Å². The first-order valence-electron chi connectivity index (χ1n) is 8.97. The molecule has 0 bridgehead atoms. The molecule has 2 aromatic carbocycles. The van der Waals surface area contributed by atoms with Crippen LogP contribution in [0.1, 0.15) is 21.5 Å². The van der Waals surface area contributed by atoms with Gasteiger partial charge in [0.2, 0.25) is 0 Å². The Bertz CT molecular complexity index is 984. The molecule has 8 heteroatoms. The second-order valence-corrected chi connectivity index (χ2v) is 6.01.